The van der Waals surface area contributed by atoms with Crippen molar-refractivity contribution in [3.8, 4) is 0 Å². The number of aromatic nitrogens is 1. The van der Waals surface area contributed by atoms with E-state index in [4.69, 9.17) is 9.72 Å². The Hall–Kier alpha value is -2.05. The van der Waals surface area contributed by atoms with E-state index in [0.717, 1.165) is 56.5 Å². The maximum Gasteiger partial charge on any atom is 0.131 e. The van der Waals surface area contributed by atoms with Crippen LogP contribution in [0.2, 0.25) is 0 Å². The zero-order valence-corrected chi connectivity index (χ0v) is 17.3. The molecule has 28 heavy (non-hydrogen) atoms. The Morgan fingerprint density at radius 3 is 2.68 bits per heavy atom. The summed E-state index contributed by atoms with van der Waals surface area (Å²) >= 11 is 2.02. The van der Waals surface area contributed by atoms with Crippen molar-refractivity contribution in [2.75, 3.05) is 60.7 Å². The molecule has 1 aromatic carbocycles. The lowest BCUT2D eigenvalue weighted by atomic mass is 10.1. The van der Waals surface area contributed by atoms with Crippen LogP contribution in [0.5, 0.6) is 0 Å². The molecule has 2 aromatic rings. The standard InChI is InChI=1S/C22H28N4OS/c1-18-3-2-4-19(13-18)16-23-17-20-14-21(25-5-9-27-10-6-25)15-22(24-20)26-7-11-28-12-8-26/h2-4,13-16H,5-12,17H2,1H3. The van der Waals surface area contributed by atoms with E-state index < -0.39 is 0 Å². The summed E-state index contributed by atoms with van der Waals surface area (Å²) < 4.78 is 5.53. The summed E-state index contributed by atoms with van der Waals surface area (Å²) in [6, 6.07) is 12.9. The summed E-state index contributed by atoms with van der Waals surface area (Å²) in [4.78, 5) is 14.4. The molecule has 2 saturated heterocycles. The van der Waals surface area contributed by atoms with Crippen LogP contribution in [0, 0.1) is 6.92 Å². The van der Waals surface area contributed by atoms with E-state index in [1.165, 1.54) is 22.8 Å². The molecule has 4 rings (SSSR count). The van der Waals surface area contributed by atoms with Crippen LogP contribution in [0.15, 0.2) is 41.4 Å². The predicted molar refractivity (Wildman–Crippen MR) is 119 cm³/mol. The third-order valence-corrected chi connectivity index (χ3v) is 6.04. The summed E-state index contributed by atoms with van der Waals surface area (Å²) in [6.45, 7) is 8.29. The minimum absolute atomic E-state index is 0.599. The van der Waals surface area contributed by atoms with E-state index in [1.807, 2.05) is 18.0 Å². The van der Waals surface area contributed by atoms with E-state index in [2.05, 4.69) is 58.1 Å². The highest BCUT2D eigenvalue weighted by Crippen LogP contribution is 2.25. The number of hydrogen-bond donors (Lipinski definition) is 0. The maximum atomic E-state index is 5.53. The molecule has 3 heterocycles. The number of thioether (sulfide) groups is 1. The van der Waals surface area contributed by atoms with Crippen molar-refractivity contribution in [2.45, 2.75) is 13.5 Å². The molecule has 0 saturated carbocycles. The first-order chi connectivity index (χ1) is 13.8. The lowest BCUT2D eigenvalue weighted by molar-refractivity contribution is 0.122. The largest absolute Gasteiger partial charge is 0.378 e. The number of ether oxygens (including phenoxy) is 1. The molecule has 5 nitrogen and oxygen atoms in total. The van der Waals surface area contributed by atoms with Gasteiger partial charge in [0, 0.05) is 55.7 Å². The Morgan fingerprint density at radius 2 is 1.89 bits per heavy atom. The molecule has 0 spiro atoms. The van der Waals surface area contributed by atoms with Crippen molar-refractivity contribution in [2.24, 2.45) is 4.99 Å². The van der Waals surface area contributed by atoms with E-state index >= 15 is 0 Å². The highest BCUT2D eigenvalue weighted by molar-refractivity contribution is 7.99. The molecule has 148 valence electrons. The van der Waals surface area contributed by atoms with Gasteiger partial charge < -0.3 is 14.5 Å². The number of anilines is 2. The van der Waals surface area contributed by atoms with E-state index in [1.54, 1.807) is 0 Å². The van der Waals surface area contributed by atoms with Crippen molar-refractivity contribution in [3.63, 3.8) is 0 Å². The second-order valence-electron chi connectivity index (χ2n) is 7.26. The summed E-state index contributed by atoms with van der Waals surface area (Å²) in [6.07, 6.45) is 1.95. The van der Waals surface area contributed by atoms with Gasteiger partial charge in [-0.05, 0) is 18.6 Å². The van der Waals surface area contributed by atoms with Crippen LogP contribution in [-0.4, -0.2) is 62.1 Å². The zero-order chi connectivity index (χ0) is 19.2. The van der Waals surface area contributed by atoms with Crippen molar-refractivity contribution in [3.05, 3.63) is 53.2 Å². The summed E-state index contributed by atoms with van der Waals surface area (Å²) in [5.41, 5.74) is 4.66. The van der Waals surface area contributed by atoms with Crippen LogP contribution in [-0.2, 0) is 11.3 Å². The molecule has 0 bridgehead atoms. The van der Waals surface area contributed by atoms with Crippen molar-refractivity contribution in [1.29, 1.82) is 0 Å². The van der Waals surface area contributed by atoms with Crippen LogP contribution in [0.25, 0.3) is 0 Å². The van der Waals surface area contributed by atoms with Gasteiger partial charge in [-0.15, -0.1) is 0 Å². The molecule has 6 heteroatoms. The number of pyridine rings is 1. The first-order valence-corrected chi connectivity index (χ1v) is 11.2. The molecule has 0 atom stereocenters. The Kier molecular flexibility index (Phi) is 6.49. The van der Waals surface area contributed by atoms with Crippen molar-refractivity contribution >= 4 is 29.5 Å². The Morgan fingerprint density at radius 1 is 1.07 bits per heavy atom. The highest BCUT2D eigenvalue weighted by Gasteiger charge is 2.17. The summed E-state index contributed by atoms with van der Waals surface area (Å²) in [5, 5.41) is 0. The van der Waals surface area contributed by atoms with Gasteiger partial charge in [-0.1, -0.05) is 29.8 Å². The fourth-order valence-corrected chi connectivity index (χ4v) is 4.49. The monoisotopic (exact) mass is 396 g/mol. The first-order valence-electron chi connectivity index (χ1n) is 10.0. The quantitative estimate of drug-likeness (QED) is 0.725. The number of morpholine rings is 1. The molecular formula is C22H28N4OS. The minimum atomic E-state index is 0.599. The molecule has 2 aliphatic heterocycles. The Labute approximate surface area is 171 Å². The molecule has 0 radical (unpaired) electrons. The molecular weight excluding hydrogens is 368 g/mol. The average Bonchev–Trinajstić information content (AvgIpc) is 2.75. The third-order valence-electron chi connectivity index (χ3n) is 5.10. The van der Waals surface area contributed by atoms with Gasteiger partial charge in [0.05, 0.1) is 25.5 Å². The van der Waals surface area contributed by atoms with Crippen molar-refractivity contribution in [1.82, 2.24) is 4.98 Å². The van der Waals surface area contributed by atoms with Gasteiger partial charge >= 0.3 is 0 Å². The van der Waals surface area contributed by atoms with Gasteiger partial charge in [0.15, 0.2) is 0 Å². The molecule has 0 unspecified atom stereocenters. The number of nitrogens with zero attached hydrogens (tertiary/aromatic N) is 4. The van der Waals surface area contributed by atoms with Gasteiger partial charge in [-0.25, -0.2) is 4.98 Å². The number of benzene rings is 1. The fraction of sp³-hybridized carbons (Fsp3) is 0.455. The first kappa shape index (κ1) is 19.3. The summed E-state index contributed by atoms with van der Waals surface area (Å²) in [5.74, 6) is 3.43. The van der Waals surface area contributed by atoms with Crippen LogP contribution < -0.4 is 9.80 Å². The number of aliphatic imine (C=N–C) groups is 1. The minimum Gasteiger partial charge on any atom is -0.378 e. The maximum absolute atomic E-state index is 5.53. The molecule has 1 aromatic heterocycles. The van der Waals surface area contributed by atoms with Gasteiger partial charge in [-0.2, -0.15) is 11.8 Å². The lowest BCUT2D eigenvalue weighted by Crippen LogP contribution is -2.37. The predicted octanol–water partition coefficient (Wildman–Crippen LogP) is 3.40. The number of rotatable bonds is 5. The second kappa shape index (κ2) is 9.43. The average molecular weight is 397 g/mol. The van der Waals surface area contributed by atoms with Gasteiger partial charge in [-0.3, -0.25) is 4.99 Å². The Bertz CT molecular complexity index is 778. The smallest absolute Gasteiger partial charge is 0.131 e. The Balaban J connectivity index is 1.55. The molecule has 2 fully saturated rings. The SMILES string of the molecule is Cc1cccc(C=NCc2cc(N3CCOCC3)cc(N3CCSCC3)n2)c1. The van der Waals surface area contributed by atoms with Crippen molar-refractivity contribution < 1.29 is 4.74 Å². The normalized spacial score (nSPS) is 18.0. The van der Waals surface area contributed by atoms with Gasteiger partial charge in [0.2, 0.25) is 0 Å². The zero-order valence-electron chi connectivity index (χ0n) is 16.5. The number of hydrogen-bond acceptors (Lipinski definition) is 6. The molecule has 0 aliphatic carbocycles. The van der Waals surface area contributed by atoms with E-state index in [-0.39, 0.29) is 0 Å². The summed E-state index contributed by atoms with van der Waals surface area (Å²) in [7, 11) is 0. The van der Waals surface area contributed by atoms with Crippen LogP contribution in [0.4, 0.5) is 11.5 Å². The molecule has 0 N–H and O–H groups in total. The third kappa shape index (κ3) is 5.06. The molecule has 0 amide bonds. The number of aryl methyl sites for hydroxylation is 1. The van der Waals surface area contributed by atoms with E-state index in [0.29, 0.717) is 6.54 Å². The molecule has 2 aliphatic rings. The highest BCUT2D eigenvalue weighted by atomic mass is 32.2. The second-order valence-corrected chi connectivity index (χ2v) is 8.48. The van der Waals surface area contributed by atoms with Gasteiger partial charge in [0.25, 0.3) is 0 Å². The van der Waals surface area contributed by atoms with Crippen LogP contribution in [0.1, 0.15) is 16.8 Å². The van der Waals surface area contributed by atoms with Crippen LogP contribution >= 0.6 is 11.8 Å². The van der Waals surface area contributed by atoms with E-state index in [9.17, 15) is 0 Å². The van der Waals surface area contributed by atoms with Crippen LogP contribution in [0.3, 0.4) is 0 Å². The lowest BCUT2D eigenvalue weighted by Gasteiger charge is -2.32. The fourth-order valence-electron chi connectivity index (χ4n) is 3.59. The van der Waals surface area contributed by atoms with Gasteiger partial charge in [0.1, 0.15) is 5.82 Å². The topological polar surface area (TPSA) is 41.0 Å².